The van der Waals surface area contributed by atoms with E-state index < -0.39 is 236 Å². The fraction of sp³-hybridized carbons (Fsp3) is 0.978. The molecule has 0 saturated carbocycles. The van der Waals surface area contributed by atoms with Crippen molar-refractivity contribution in [3.8, 4) is 0 Å². The Morgan fingerprint density at radius 2 is 0.949 bits per heavy atom. The summed E-state index contributed by atoms with van der Waals surface area (Å²) in [4.78, 5) is 12.8. The lowest BCUT2D eigenvalue weighted by molar-refractivity contribution is -0.390. The third-order valence-electron chi connectivity index (χ3n) is 14.9. The van der Waals surface area contributed by atoms with E-state index in [1.807, 2.05) is 0 Å². The lowest BCUT2D eigenvalue weighted by atomic mass is 9.87. The summed E-state index contributed by atoms with van der Waals surface area (Å²) in [6.07, 6.45) is -50.6. The van der Waals surface area contributed by atoms with E-state index in [9.17, 15) is 96.7 Å². The first kappa shape index (κ1) is 66.4. The number of nitrogens with two attached hydrogens (primary N) is 1. The number of nitrogens with one attached hydrogen (secondary N) is 1. The van der Waals surface area contributed by atoms with Crippen LogP contribution in [0.4, 0.5) is 0 Å². The van der Waals surface area contributed by atoms with Gasteiger partial charge in [-0.3, -0.25) is 4.79 Å². The van der Waals surface area contributed by atoms with Gasteiger partial charge < -0.3 is 160 Å². The fourth-order valence-electron chi connectivity index (χ4n) is 10.3. The Morgan fingerprint density at radius 3 is 1.44 bits per heavy atom. The van der Waals surface area contributed by atoms with Gasteiger partial charge in [0.1, 0.15) is 134 Å². The van der Waals surface area contributed by atoms with Crippen molar-refractivity contribution in [2.45, 2.75) is 224 Å². The maximum absolute atomic E-state index is 12.8. The molecule has 6 rings (SSSR count). The van der Waals surface area contributed by atoms with Gasteiger partial charge in [0.25, 0.3) is 0 Å². The number of aliphatic hydroxyl groups is 18. The Balaban J connectivity index is 1.18. The van der Waals surface area contributed by atoms with E-state index in [0.29, 0.717) is 25.8 Å². The Bertz CT molecular complexity index is 1800. The normalized spacial score (nSPS) is 46.9. The molecule has 6 saturated heterocycles. The molecule has 31 unspecified atom stereocenters. The zero-order valence-electron chi connectivity index (χ0n) is 43.3. The predicted molar refractivity (Wildman–Crippen MR) is 251 cm³/mol. The van der Waals surface area contributed by atoms with E-state index in [2.05, 4.69) is 5.32 Å². The molecule has 21 N–H and O–H groups in total. The second-order valence-electron chi connectivity index (χ2n) is 20.4. The van der Waals surface area contributed by atoms with Crippen LogP contribution in [0.15, 0.2) is 0 Å². The van der Waals surface area contributed by atoms with Gasteiger partial charge in [0.15, 0.2) is 37.7 Å². The van der Waals surface area contributed by atoms with Crippen molar-refractivity contribution >= 4 is 5.91 Å². The van der Waals surface area contributed by atoms with Gasteiger partial charge in [-0.1, -0.05) is 6.92 Å². The molecular formula is C46H82N2O31. The molecule has 33 heteroatoms. The van der Waals surface area contributed by atoms with Gasteiger partial charge in [-0.25, -0.2) is 0 Å². The highest BCUT2D eigenvalue weighted by Crippen LogP contribution is 2.38. The summed E-state index contributed by atoms with van der Waals surface area (Å²) in [6, 6.07) is -1.78. The third-order valence-corrected chi connectivity index (χ3v) is 14.9. The molecule has 6 aliphatic heterocycles. The van der Waals surface area contributed by atoms with Crippen LogP contribution in [0.5, 0.6) is 0 Å². The molecule has 6 heterocycles. The average molecular weight is 1160 g/mol. The Kier molecular flexibility index (Phi) is 25.5. The summed E-state index contributed by atoms with van der Waals surface area (Å²) in [7, 11) is 0. The van der Waals surface area contributed by atoms with E-state index in [4.69, 9.17) is 62.6 Å². The highest BCUT2D eigenvalue weighted by atomic mass is 16.8. The van der Waals surface area contributed by atoms with Crippen molar-refractivity contribution in [1.29, 1.82) is 0 Å². The molecular weight excluding hydrogens is 1080 g/mol. The van der Waals surface area contributed by atoms with E-state index >= 15 is 0 Å². The summed E-state index contributed by atoms with van der Waals surface area (Å²) in [6.45, 7) is -2.58. The second-order valence-corrected chi connectivity index (χ2v) is 20.4. The van der Waals surface area contributed by atoms with Gasteiger partial charge in [0.05, 0.1) is 51.8 Å². The van der Waals surface area contributed by atoms with E-state index in [1.165, 1.54) is 6.92 Å². The maximum Gasteiger partial charge on any atom is 0.217 e. The molecule has 0 aromatic rings. The van der Waals surface area contributed by atoms with E-state index in [-0.39, 0.29) is 13.0 Å². The quantitative estimate of drug-likeness (QED) is 0.0378. The minimum Gasteiger partial charge on any atom is -0.394 e. The monoisotopic (exact) mass is 1160 g/mol. The third kappa shape index (κ3) is 15.4. The molecule has 0 radical (unpaired) electrons. The van der Waals surface area contributed by atoms with Crippen LogP contribution < -0.4 is 11.1 Å². The summed E-state index contributed by atoms with van der Waals surface area (Å²) >= 11 is 0. The topological polar surface area (TPSA) is 530 Å². The van der Waals surface area contributed by atoms with Gasteiger partial charge in [0.2, 0.25) is 5.91 Å². The van der Waals surface area contributed by atoms with Crippen molar-refractivity contribution < 1.29 is 154 Å². The zero-order valence-corrected chi connectivity index (χ0v) is 43.3. The van der Waals surface area contributed by atoms with Gasteiger partial charge >= 0.3 is 0 Å². The Hall–Kier alpha value is -1.77. The van der Waals surface area contributed by atoms with Crippen molar-refractivity contribution in [3.63, 3.8) is 0 Å². The molecule has 33 nitrogen and oxygen atoms in total. The summed E-state index contributed by atoms with van der Waals surface area (Å²) in [5, 5.41) is 197. The molecule has 1 amide bonds. The van der Waals surface area contributed by atoms with E-state index in [0.717, 1.165) is 6.92 Å². The number of hydrogen-bond donors (Lipinski definition) is 20. The molecule has 0 aromatic heterocycles. The molecule has 0 aliphatic carbocycles. The largest absolute Gasteiger partial charge is 0.394 e. The van der Waals surface area contributed by atoms with Crippen LogP contribution in [0.1, 0.15) is 39.5 Å². The Labute approximate surface area is 452 Å². The minimum absolute atomic E-state index is 0.109. The van der Waals surface area contributed by atoms with Crippen LogP contribution in [0, 0.1) is 5.92 Å². The predicted octanol–water partition coefficient (Wildman–Crippen LogP) is -11.8. The summed E-state index contributed by atoms with van der Waals surface area (Å²) in [5.74, 6) is -1.68. The van der Waals surface area contributed by atoms with Crippen molar-refractivity contribution in [3.05, 3.63) is 0 Å². The minimum atomic E-state index is -2.21. The number of carbonyl (C=O) groups excluding carboxylic acids is 1. The van der Waals surface area contributed by atoms with Crippen LogP contribution in [0.3, 0.4) is 0 Å². The number of amides is 1. The first-order valence-corrected chi connectivity index (χ1v) is 26.2. The molecule has 6 fully saturated rings. The molecule has 79 heavy (non-hydrogen) atoms. The maximum atomic E-state index is 12.8. The van der Waals surface area contributed by atoms with Crippen molar-refractivity contribution in [1.82, 2.24) is 5.32 Å². The molecule has 0 spiro atoms. The molecule has 0 bridgehead atoms. The van der Waals surface area contributed by atoms with Crippen LogP contribution in [0.25, 0.3) is 0 Å². The average Bonchev–Trinajstić information content (AvgIpc) is 3.52. The van der Waals surface area contributed by atoms with Crippen LogP contribution in [-0.2, 0) is 61.6 Å². The SMILES string of the molecule is CC(=O)NC1C(OC2C(O)C(CO)OC(OC3C(CO)OC(OC4C(CO)OC(OCCCCCN)C(O)C4O)C(O)C3O)C2O)OC(CO)C(O)C1OC1OC(CO)C(O)C(OC2CC(O)C(C)C(C(O)C(O)CO)O2)C1O. The first-order chi connectivity index (χ1) is 37.6. The van der Waals surface area contributed by atoms with Gasteiger partial charge in [0, 0.05) is 25.9 Å². The smallest absolute Gasteiger partial charge is 0.217 e. The molecule has 6 aliphatic rings. The lowest BCUT2D eigenvalue weighted by Crippen LogP contribution is -2.70. The van der Waals surface area contributed by atoms with Gasteiger partial charge in [-0.15, -0.1) is 0 Å². The number of ether oxygens (including phenoxy) is 12. The molecule has 31 atom stereocenters. The van der Waals surface area contributed by atoms with Crippen LogP contribution >= 0.6 is 0 Å². The molecule has 0 aromatic carbocycles. The number of carbonyl (C=O) groups is 1. The highest BCUT2D eigenvalue weighted by molar-refractivity contribution is 5.73. The lowest BCUT2D eigenvalue weighted by Gasteiger charge is -2.50. The summed E-state index contributed by atoms with van der Waals surface area (Å²) < 4.78 is 69.5. The van der Waals surface area contributed by atoms with Gasteiger partial charge in [-0.2, -0.15) is 0 Å². The second kappa shape index (κ2) is 30.3. The van der Waals surface area contributed by atoms with Crippen molar-refractivity contribution in [2.75, 3.05) is 52.8 Å². The van der Waals surface area contributed by atoms with Gasteiger partial charge in [-0.05, 0) is 25.8 Å². The fourth-order valence-corrected chi connectivity index (χ4v) is 10.3. The van der Waals surface area contributed by atoms with Crippen LogP contribution in [0.2, 0.25) is 0 Å². The first-order valence-electron chi connectivity index (χ1n) is 26.2. The standard InChI is InChI=1S/C46H82N2O31/c1-15-17(56)8-24(74-36(15)26(58)18(57)9-49)75-40-28(60)20(11-51)71-46(34(40)66)78-39-25(48-16(2)55)42(69-19(10-50)27(39)59)79-41-29(61)21(12-52)70-45(35(41)67)77-38-23(14-54)73-44(33(65)31(38)63)76-37-22(13-53)72-43(32(64)30(37)62)68-7-5-3-4-6-47/h15,17-46,49-54,56-67H,3-14,47H2,1-2H3,(H,48,55). The van der Waals surface area contributed by atoms with Crippen molar-refractivity contribution in [2.24, 2.45) is 11.7 Å². The zero-order chi connectivity index (χ0) is 58.2. The molecule has 462 valence electrons. The van der Waals surface area contributed by atoms with E-state index in [1.54, 1.807) is 0 Å². The number of unbranched alkanes of at least 4 members (excludes halogenated alkanes) is 2. The Morgan fingerprint density at radius 1 is 0.519 bits per heavy atom. The van der Waals surface area contributed by atoms with Crippen LogP contribution in [-0.4, -0.2) is 335 Å². The number of aliphatic hydroxyl groups excluding tert-OH is 18. The number of hydrogen-bond acceptors (Lipinski definition) is 32. The summed E-state index contributed by atoms with van der Waals surface area (Å²) in [5.41, 5.74) is 5.51. The highest BCUT2D eigenvalue weighted by Gasteiger charge is 2.58. The number of rotatable bonds is 25.